The molecule has 0 heterocycles. The van der Waals surface area contributed by atoms with Crippen LogP contribution in [0.5, 0.6) is 17.2 Å². The Hall–Kier alpha value is -1.81. The lowest BCUT2D eigenvalue weighted by Gasteiger charge is -2.09. The number of hydrogen-bond donors (Lipinski definition) is 0. The standard InChI is InChI=1S/C18H22O3S/c1-15-5-3-4-6-18(15)21-12-14-22-13-11-20-17-9-7-16(19-2)8-10-17/h3-10H,11-14H2,1-2H3. The van der Waals surface area contributed by atoms with Crippen molar-refractivity contribution < 1.29 is 14.2 Å². The van der Waals surface area contributed by atoms with Gasteiger partial charge in [-0.25, -0.2) is 0 Å². The van der Waals surface area contributed by atoms with Crippen LogP contribution in [0.1, 0.15) is 5.56 Å². The van der Waals surface area contributed by atoms with E-state index in [4.69, 9.17) is 14.2 Å². The first-order chi connectivity index (χ1) is 10.8. The van der Waals surface area contributed by atoms with Crippen molar-refractivity contribution in [3.05, 3.63) is 54.1 Å². The van der Waals surface area contributed by atoms with Gasteiger partial charge in [-0.3, -0.25) is 0 Å². The van der Waals surface area contributed by atoms with Crippen LogP contribution in [0.3, 0.4) is 0 Å². The van der Waals surface area contributed by atoms with Crippen molar-refractivity contribution in [3.63, 3.8) is 0 Å². The molecule has 0 radical (unpaired) electrons. The Bertz CT molecular complexity index is 555. The van der Waals surface area contributed by atoms with Crippen molar-refractivity contribution >= 4 is 11.8 Å². The molecule has 2 rings (SSSR count). The molecular weight excluding hydrogens is 296 g/mol. The van der Waals surface area contributed by atoms with Crippen molar-refractivity contribution in [2.75, 3.05) is 31.8 Å². The predicted octanol–water partition coefficient (Wildman–Crippen LogP) is 4.19. The molecule has 0 saturated heterocycles. The molecule has 0 spiro atoms. The minimum Gasteiger partial charge on any atom is -0.497 e. The Labute approximate surface area is 136 Å². The summed E-state index contributed by atoms with van der Waals surface area (Å²) in [7, 11) is 1.66. The Morgan fingerprint density at radius 2 is 1.45 bits per heavy atom. The van der Waals surface area contributed by atoms with E-state index in [2.05, 4.69) is 13.0 Å². The number of aryl methyl sites for hydroxylation is 1. The Kier molecular flexibility index (Phi) is 6.97. The summed E-state index contributed by atoms with van der Waals surface area (Å²) in [6.45, 7) is 3.48. The van der Waals surface area contributed by atoms with E-state index in [9.17, 15) is 0 Å². The van der Waals surface area contributed by atoms with Crippen LogP contribution in [0, 0.1) is 6.92 Å². The van der Waals surface area contributed by atoms with Gasteiger partial charge < -0.3 is 14.2 Å². The smallest absolute Gasteiger partial charge is 0.122 e. The summed E-state index contributed by atoms with van der Waals surface area (Å²) in [4.78, 5) is 0. The van der Waals surface area contributed by atoms with Crippen molar-refractivity contribution in [2.45, 2.75) is 6.92 Å². The summed E-state index contributed by atoms with van der Waals surface area (Å²) in [5, 5.41) is 0. The van der Waals surface area contributed by atoms with Gasteiger partial charge in [-0.05, 0) is 42.8 Å². The molecule has 0 aliphatic carbocycles. The summed E-state index contributed by atoms with van der Waals surface area (Å²) in [6.07, 6.45) is 0. The summed E-state index contributed by atoms with van der Waals surface area (Å²) < 4.78 is 16.5. The van der Waals surface area contributed by atoms with Crippen LogP contribution in [0.25, 0.3) is 0 Å². The van der Waals surface area contributed by atoms with Gasteiger partial charge in [-0.1, -0.05) is 18.2 Å². The van der Waals surface area contributed by atoms with E-state index in [0.717, 1.165) is 35.4 Å². The first-order valence-electron chi connectivity index (χ1n) is 7.32. The maximum Gasteiger partial charge on any atom is 0.122 e. The summed E-state index contributed by atoms with van der Waals surface area (Å²) >= 11 is 1.83. The van der Waals surface area contributed by atoms with Crippen LogP contribution in [0.15, 0.2) is 48.5 Å². The van der Waals surface area contributed by atoms with E-state index in [1.54, 1.807) is 7.11 Å². The third kappa shape index (κ3) is 5.53. The average molecular weight is 318 g/mol. The SMILES string of the molecule is COc1ccc(OCCSCCOc2ccccc2C)cc1. The zero-order chi connectivity index (χ0) is 15.6. The fourth-order valence-electron chi connectivity index (χ4n) is 1.92. The van der Waals surface area contributed by atoms with E-state index in [-0.39, 0.29) is 0 Å². The molecule has 0 amide bonds. The molecule has 0 aliphatic rings. The van der Waals surface area contributed by atoms with Gasteiger partial charge in [-0.15, -0.1) is 0 Å². The summed E-state index contributed by atoms with van der Waals surface area (Å²) in [5.41, 5.74) is 1.18. The highest BCUT2D eigenvalue weighted by molar-refractivity contribution is 7.99. The van der Waals surface area contributed by atoms with E-state index in [1.807, 2.05) is 54.2 Å². The summed E-state index contributed by atoms with van der Waals surface area (Å²) in [5.74, 6) is 4.59. The Balaban J connectivity index is 1.55. The lowest BCUT2D eigenvalue weighted by atomic mass is 10.2. The molecule has 0 fully saturated rings. The lowest BCUT2D eigenvalue weighted by molar-refractivity contribution is 0.337. The van der Waals surface area contributed by atoms with E-state index in [1.165, 1.54) is 5.56 Å². The Morgan fingerprint density at radius 3 is 2.14 bits per heavy atom. The fraction of sp³-hybridized carbons (Fsp3) is 0.333. The van der Waals surface area contributed by atoms with Crippen molar-refractivity contribution in [1.82, 2.24) is 0 Å². The van der Waals surface area contributed by atoms with E-state index < -0.39 is 0 Å². The summed E-state index contributed by atoms with van der Waals surface area (Å²) in [6, 6.07) is 15.7. The minimum absolute atomic E-state index is 0.696. The first-order valence-corrected chi connectivity index (χ1v) is 8.48. The van der Waals surface area contributed by atoms with Gasteiger partial charge in [0.05, 0.1) is 20.3 Å². The molecule has 0 unspecified atom stereocenters. The molecule has 0 N–H and O–H groups in total. The quantitative estimate of drug-likeness (QED) is 0.648. The van der Waals surface area contributed by atoms with Gasteiger partial charge in [-0.2, -0.15) is 11.8 Å². The molecule has 0 aliphatic heterocycles. The second kappa shape index (κ2) is 9.26. The van der Waals surface area contributed by atoms with Gasteiger partial charge in [0.15, 0.2) is 0 Å². The highest BCUT2D eigenvalue weighted by Crippen LogP contribution is 2.18. The molecule has 0 aromatic heterocycles. The predicted molar refractivity (Wildman–Crippen MR) is 92.5 cm³/mol. The maximum atomic E-state index is 5.75. The number of para-hydroxylation sites is 1. The number of ether oxygens (including phenoxy) is 3. The van der Waals surface area contributed by atoms with Crippen LogP contribution in [-0.2, 0) is 0 Å². The molecule has 0 saturated carbocycles. The fourth-order valence-corrected chi connectivity index (χ4v) is 2.53. The van der Waals surface area contributed by atoms with Gasteiger partial charge in [0.1, 0.15) is 17.2 Å². The normalized spacial score (nSPS) is 10.3. The van der Waals surface area contributed by atoms with Crippen LogP contribution < -0.4 is 14.2 Å². The second-order valence-corrected chi connectivity index (χ2v) is 5.98. The molecule has 0 atom stereocenters. The van der Waals surface area contributed by atoms with Gasteiger partial charge in [0.2, 0.25) is 0 Å². The molecule has 3 nitrogen and oxygen atoms in total. The van der Waals surface area contributed by atoms with Crippen LogP contribution >= 0.6 is 11.8 Å². The zero-order valence-corrected chi connectivity index (χ0v) is 13.9. The van der Waals surface area contributed by atoms with Crippen molar-refractivity contribution in [1.29, 1.82) is 0 Å². The maximum absolute atomic E-state index is 5.75. The molecule has 0 bridgehead atoms. The molecular formula is C18H22O3S. The highest BCUT2D eigenvalue weighted by Gasteiger charge is 1.98. The van der Waals surface area contributed by atoms with Gasteiger partial charge in [0.25, 0.3) is 0 Å². The number of hydrogen-bond acceptors (Lipinski definition) is 4. The van der Waals surface area contributed by atoms with E-state index in [0.29, 0.717) is 6.61 Å². The average Bonchev–Trinajstić information content (AvgIpc) is 2.56. The number of benzene rings is 2. The van der Waals surface area contributed by atoms with Gasteiger partial charge >= 0.3 is 0 Å². The monoisotopic (exact) mass is 318 g/mol. The Morgan fingerprint density at radius 1 is 0.818 bits per heavy atom. The largest absolute Gasteiger partial charge is 0.497 e. The number of methoxy groups -OCH3 is 1. The second-order valence-electron chi connectivity index (χ2n) is 4.75. The molecule has 2 aromatic carbocycles. The zero-order valence-electron chi connectivity index (χ0n) is 13.1. The highest BCUT2D eigenvalue weighted by atomic mass is 32.2. The van der Waals surface area contributed by atoms with Crippen molar-refractivity contribution in [3.8, 4) is 17.2 Å². The third-order valence-electron chi connectivity index (χ3n) is 3.13. The third-order valence-corrected chi connectivity index (χ3v) is 4.05. The molecule has 2 aromatic rings. The topological polar surface area (TPSA) is 27.7 Å². The molecule has 4 heteroatoms. The van der Waals surface area contributed by atoms with Crippen molar-refractivity contribution in [2.24, 2.45) is 0 Å². The number of rotatable bonds is 9. The van der Waals surface area contributed by atoms with Gasteiger partial charge in [0, 0.05) is 11.5 Å². The minimum atomic E-state index is 0.696. The first kappa shape index (κ1) is 16.6. The van der Waals surface area contributed by atoms with Crippen LogP contribution in [-0.4, -0.2) is 31.8 Å². The van der Waals surface area contributed by atoms with Crippen LogP contribution in [0.2, 0.25) is 0 Å². The molecule has 22 heavy (non-hydrogen) atoms. The number of thioether (sulfide) groups is 1. The van der Waals surface area contributed by atoms with E-state index >= 15 is 0 Å². The molecule has 118 valence electrons. The van der Waals surface area contributed by atoms with Crippen LogP contribution in [0.4, 0.5) is 0 Å². The lowest BCUT2D eigenvalue weighted by Crippen LogP contribution is -2.05.